The number of aryl methyl sites for hydroxylation is 1. The number of aromatic nitrogens is 1. The number of amides is 2. The lowest BCUT2D eigenvalue weighted by Gasteiger charge is -2.08. The first-order chi connectivity index (χ1) is 13.2. The van der Waals surface area contributed by atoms with E-state index in [9.17, 15) is 4.79 Å². The summed E-state index contributed by atoms with van der Waals surface area (Å²) >= 11 is 0. The molecule has 140 valence electrons. The van der Waals surface area contributed by atoms with Crippen LogP contribution in [-0.4, -0.2) is 24.7 Å². The molecule has 6 nitrogen and oxygen atoms in total. The first-order valence-electron chi connectivity index (χ1n) is 8.90. The summed E-state index contributed by atoms with van der Waals surface area (Å²) in [6, 6.07) is 15.1. The lowest BCUT2D eigenvalue weighted by atomic mass is 10.1. The summed E-state index contributed by atoms with van der Waals surface area (Å²) in [5, 5.41) is 5.67. The molecule has 0 aliphatic carbocycles. The minimum absolute atomic E-state index is 0.234. The Kier molecular flexibility index (Phi) is 6.10. The molecule has 3 aromatic rings. The van der Waals surface area contributed by atoms with Gasteiger partial charge in [-0.3, -0.25) is 0 Å². The molecular formula is C21H23N3O3. The third kappa shape index (κ3) is 5.10. The van der Waals surface area contributed by atoms with Crippen molar-refractivity contribution >= 4 is 11.7 Å². The highest BCUT2D eigenvalue weighted by molar-refractivity contribution is 5.89. The van der Waals surface area contributed by atoms with E-state index in [1.807, 2.05) is 48.5 Å². The third-order valence-electron chi connectivity index (χ3n) is 4.15. The number of anilines is 1. The monoisotopic (exact) mass is 365 g/mol. The number of oxazole rings is 1. The second kappa shape index (κ2) is 8.89. The third-order valence-corrected chi connectivity index (χ3v) is 4.15. The van der Waals surface area contributed by atoms with Gasteiger partial charge < -0.3 is 19.8 Å². The van der Waals surface area contributed by atoms with E-state index >= 15 is 0 Å². The van der Waals surface area contributed by atoms with Gasteiger partial charge in [0.1, 0.15) is 12.0 Å². The predicted molar refractivity (Wildman–Crippen MR) is 105 cm³/mol. The largest absolute Gasteiger partial charge is 0.497 e. The van der Waals surface area contributed by atoms with Gasteiger partial charge in [-0.15, -0.1) is 0 Å². The topological polar surface area (TPSA) is 76.4 Å². The van der Waals surface area contributed by atoms with Crippen LogP contribution in [0.1, 0.15) is 18.2 Å². The number of nitrogens with one attached hydrogen (secondary N) is 2. The number of carbonyl (C=O) groups is 1. The quantitative estimate of drug-likeness (QED) is 0.655. The molecule has 0 spiro atoms. The molecule has 2 N–H and O–H groups in total. The average Bonchev–Trinajstić information content (AvgIpc) is 3.17. The van der Waals surface area contributed by atoms with E-state index < -0.39 is 0 Å². The molecule has 1 heterocycles. The van der Waals surface area contributed by atoms with Crippen molar-refractivity contribution in [2.24, 2.45) is 0 Å². The van der Waals surface area contributed by atoms with Crippen LogP contribution in [0.25, 0.3) is 11.5 Å². The van der Waals surface area contributed by atoms with Gasteiger partial charge in [0, 0.05) is 24.2 Å². The van der Waals surface area contributed by atoms with Crippen LogP contribution in [0.5, 0.6) is 5.75 Å². The van der Waals surface area contributed by atoms with Crippen molar-refractivity contribution in [2.75, 3.05) is 19.0 Å². The molecule has 0 aliphatic heterocycles. The number of ether oxygens (including phenoxy) is 1. The van der Waals surface area contributed by atoms with Crippen molar-refractivity contribution in [1.82, 2.24) is 10.3 Å². The summed E-state index contributed by atoms with van der Waals surface area (Å²) in [5.74, 6) is 1.33. The Bertz CT molecular complexity index is 888. The molecule has 0 fully saturated rings. The van der Waals surface area contributed by atoms with Gasteiger partial charge in [-0.1, -0.05) is 19.1 Å². The summed E-state index contributed by atoms with van der Waals surface area (Å²) in [6.07, 6.45) is 3.13. The molecule has 0 aliphatic rings. The highest BCUT2D eigenvalue weighted by Crippen LogP contribution is 2.21. The molecular weight excluding hydrogens is 342 g/mol. The molecule has 0 unspecified atom stereocenters. The zero-order chi connectivity index (χ0) is 19.1. The fourth-order valence-electron chi connectivity index (χ4n) is 2.64. The van der Waals surface area contributed by atoms with Gasteiger partial charge in [-0.25, -0.2) is 9.78 Å². The second-order valence-electron chi connectivity index (χ2n) is 6.06. The standard InChI is InChI=1S/C21H23N3O3/c1-3-15-5-4-6-17(13-15)24-21(25)22-12-11-18-14-27-20(23-18)16-7-9-19(26-2)10-8-16/h4-10,13-14H,3,11-12H2,1-2H3,(H2,22,24,25). The molecule has 0 radical (unpaired) electrons. The number of methoxy groups -OCH3 is 1. The first kappa shape index (κ1) is 18.5. The lowest BCUT2D eigenvalue weighted by molar-refractivity contribution is 0.252. The van der Waals surface area contributed by atoms with E-state index in [0.717, 1.165) is 29.1 Å². The molecule has 1 aromatic heterocycles. The minimum atomic E-state index is -0.234. The molecule has 2 amide bonds. The Morgan fingerprint density at radius 1 is 1.19 bits per heavy atom. The Balaban J connectivity index is 1.48. The summed E-state index contributed by atoms with van der Waals surface area (Å²) in [7, 11) is 1.63. The summed E-state index contributed by atoms with van der Waals surface area (Å²) in [5.41, 5.74) is 3.63. The van der Waals surface area contributed by atoms with Crippen LogP contribution in [0, 0.1) is 0 Å². The highest BCUT2D eigenvalue weighted by Gasteiger charge is 2.08. The number of rotatable bonds is 7. The number of hydrogen-bond acceptors (Lipinski definition) is 4. The van der Waals surface area contributed by atoms with Crippen molar-refractivity contribution in [3.63, 3.8) is 0 Å². The van der Waals surface area contributed by atoms with E-state index in [2.05, 4.69) is 22.5 Å². The smallest absolute Gasteiger partial charge is 0.319 e. The van der Waals surface area contributed by atoms with E-state index in [1.165, 1.54) is 5.56 Å². The van der Waals surface area contributed by atoms with Gasteiger partial charge >= 0.3 is 6.03 Å². The van der Waals surface area contributed by atoms with Gasteiger partial charge in [0.15, 0.2) is 0 Å². The van der Waals surface area contributed by atoms with Gasteiger partial charge in [0.25, 0.3) is 0 Å². The average molecular weight is 365 g/mol. The van der Waals surface area contributed by atoms with Crippen molar-refractivity contribution in [3.05, 3.63) is 66.1 Å². The zero-order valence-corrected chi connectivity index (χ0v) is 15.5. The van der Waals surface area contributed by atoms with Crippen LogP contribution in [0.15, 0.2) is 59.2 Å². The van der Waals surface area contributed by atoms with E-state index in [0.29, 0.717) is 18.9 Å². The Morgan fingerprint density at radius 3 is 2.74 bits per heavy atom. The van der Waals surface area contributed by atoms with Gasteiger partial charge in [0.05, 0.1) is 12.8 Å². The fraction of sp³-hybridized carbons (Fsp3) is 0.238. The van der Waals surface area contributed by atoms with Crippen molar-refractivity contribution < 1.29 is 13.9 Å². The summed E-state index contributed by atoms with van der Waals surface area (Å²) < 4.78 is 10.7. The SMILES string of the molecule is CCc1cccc(NC(=O)NCCc2coc(-c3ccc(OC)cc3)n2)c1. The first-order valence-corrected chi connectivity index (χ1v) is 8.90. The van der Waals surface area contributed by atoms with Crippen LogP contribution in [-0.2, 0) is 12.8 Å². The molecule has 6 heteroatoms. The summed E-state index contributed by atoms with van der Waals surface area (Å²) in [4.78, 5) is 16.5. The summed E-state index contributed by atoms with van der Waals surface area (Å²) in [6.45, 7) is 2.55. The van der Waals surface area contributed by atoms with Crippen molar-refractivity contribution in [1.29, 1.82) is 0 Å². The normalized spacial score (nSPS) is 10.4. The number of urea groups is 1. The zero-order valence-electron chi connectivity index (χ0n) is 15.5. The number of benzene rings is 2. The number of nitrogens with zero attached hydrogens (tertiary/aromatic N) is 1. The van der Waals surface area contributed by atoms with Crippen LogP contribution >= 0.6 is 0 Å². The second-order valence-corrected chi connectivity index (χ2v) is 6.06. The molecule has 0 saturated carbocycles. The molecule has 27 heavy (non-hydrogen) atoms. The Morgan fingerprint density at radius 2 is 2.00 bits per heavy atom. The van der Waals surface area contributed by atoms with Crippen LogP contribution in [0.2, 0.25) is 0 Å². The van der Waals surface area contributed by atoms with Crippen molar-refractivity contribution in [2.45, 2.75) is 19.8 Å². The van der Waals surface area contributed by atoms with Crippen LogP contribution in [0.3, 0.4) is 0 Å². The molecule has 3 rings (SSSR count). The predicted octanol–water partition coefficient (Wildman–Crippen LogP) is 4.28. The number of carbonyl (C=O) groups excluding carboxylic acids is 1. The van der Waals surface area contributed by atoms with Crippen LogP contribution < -0.4 is 15.4 Å². The van der Waals surface area contributed by atoms with E-state index in [4.69, 9.17) is 9.15 Å². The van der Waals surface area contributed by atoms with Gasteiger partial charge in [0.2, 0.25) is 5.89 Å². The maximum Gasteiger partial charge on any atom is 0.319 e. The molecule has 2 aromatic carbocycles. The molecule has 0 atom stereocenters. The van der Waals surface area contributed by atoms with E-state index in [-0.39, 0.29) is 6.03 Å². The van der Waals surface area contributed by atoms with E-state index in [1.54, 1.807) is 13.4 Å². The Labute approximate surface area is 158 Å². The number of hydrogen-bond donors (Lipinski definition) is 2. The minimum Gasteiger partial charge on any atom is -0.497 e. The van der Waals surface area contributed by atoms with Gasteiger partial charge in [-0.2, -0.15) is 0 Å². The highest BCUT2D eigenvalue weighted by atomic mass is 16.5. The maximum absolute atomic E-state index is 12.0. The van der Waals surface area contributed by atoms with Gasteiger partial charge in [-0.05, 0) is 48.4 Å². The van der Waals surface area contributed by atoms with Crippen LogP contribution in [0.4, 0.5) is 10.5 Å². The lowest BCUT2D eigenvalue weighted by Crippen LogP contribution is -2.30. The Hall–Kier alpha value is -3.28. The van der Waals surface area contributed by atoms with Crippen molar-refractivity contribution in [3.8, 4) is 17.2 Å². The molecule has 0 bridgehead atoms. The molecule has 0 saturated heterocycles. The maximum atomic E-state index is 12.0. The fourth-order valence-corrected chi connectivity index (χ4v) is 2.64.